The molecule has 0 unspecified atom stereocenters. The second-order valence-corrected chi connectivity index (χ2v) is 2.08. The topological polar surface area (TPSA) is 63.8 Å². The minimum atomic E-state index is -0.187. The van der Waals surface area contributed by atoms with Gasteiger partial charge in [-0.1, -0.05) is 5.21 Å². The molecule has 0 aliphatic carbocycles. The van der Waals surface area contributed by atoms with E-state index in [1.807, 2.05) is 0 Å². The van der Waals surface area contributed by atoms with E-state index in [0.29, 0.717) is 11.2 Å². The zero-order valence-corrected chi connectivity index (χ0v) is 5.68. The predicted octanol–water partition coefficient (Wildman–Crippen LogP) is -0.224. The van der Waals surface area contributed by atoms with Gasteiger partial charge in [-0.3, -0.25) is 0 Å². The summed E-state index contributed by atoms with van der Waals surface area (Å²) in [6.07, 6.45) is 1.64. The van der Waals surface area contributed by atoms with Crippen LogP contribution in [0.15, 0.2) is 18.3 Å². The molecule has 0 bridgehead atoms. The summed E-state index contributed by atoms with van der Waals surface area (Å²) >= 11 is 0. The summed E-state index contributed by atoms with van der Waals surface area (Å²) in [7, 11) is 0. The molecular formula is C6H6N4O. The third-order valence-electron chi connectivity index (χ3n) is 1.40. The van der Waals surface area contributed by atoms with Crippen LogP contribution >= 0.6 is 0 Å². The van der Waals surface area contributed by atoms with E-state index < -0.39 is 0 Å². The average Bonchev–Trinajstić information content (AvgIpc) is 2.47. The van der Waals surface area contributed by atoms with Gasteiger partial charge in [0, 0.05) is 6.20 Å². The molecule has 5 heteroatoms. The van der Waals surface area contributed by atoms with Crippen LogP contribution in [-0.2, 0) is 6.73 Å². The van der Waals surface area contributed by atoms with Crippen molar-refractivity contribution in [3.63, 3.8) is 0 Å². The van der Waals surface area contributed by atoms with E-state index in [1.54, 1.807) is 18.3 Å². The second kappa shape index (κ2) is 2.28. The maximum atomic E-state index is 8.74. The number of aliphatic hydroxyl groups excluding tert-OH is 1. The van der Waals surface area contributed by atoms with Gasteiger partial charge >= 0.3 is 0 Å². The largest absolute Gasteiger partial charge is 0.374 e. The quantitative estimate of drug-likeness (QED) is 0.610. The van der Waals surface area contributed by atoms with Crippen LogP contribution in [0.1, 0.15) is 0 Å². The molecule has 2 rings (SSSR count). The molecule has 0 aromatic carbocycles. The number of hydrogen-bond acceptors (Lipinski definition) is 4. The summed E-state index contributed by atoms with van der Waals surface area (Å²) < 4.78 is 1.33. The maximum Gasteiger partial charge on any atom is 0.180 e. The van der Waals surface area contributed by atoms with E-state index >= 15 is 0 Å². The normalized spacial score (nSPS) is 10.6. The highest BCUT2D eigenvalue weighted by Crippen LogP contribution is 2.04. The number of rotatable bonds is 1. The van der Waals surface area contributed by atoms with Crippen LogP contribution in [0.25, 0.3) is 11.2 Å². The van der Waals surface area contributed by atoms with Crippen LogP contribution in [0.5, 0.6) is 0 Å². The zero-order chi connectivity index (χ0) is 7.68. The maximum absolute atomic E-state index is 8.74. The van der Waals surface area contributed by atoms with Crippen LogP contribution in [0.4, 0.5) is 0 Å². The smallest absolute Gasteiger partial charge is 0.180 e. The Hall–Kier alpha value is -1.49. The second-order valence-electron chi connectivity index (χ2n) is 2.08. The molecule has 0 amide bonds. The first-order valence-corrected chi connectivity index (χ1v) is 3.17. The van der Waals surface area contributed by atoms with Crippen molar-refractivity contribution < 1.29 is 5.11 Å². The highest BCUT2D eigenvalue weighted by molar-refractivity contribution is 5.68. The summed E-state index contributed by atoms with van der Waals surface area (Å²) in [5, 5.41) is 16.2. The number of pyridine rings is 1. The molecule has 5 nitrogen and oxygen atoms in total. The van der Waals surface area contributed by atoms with E-state index in [-0.39, 0.29) is 6.73 Å². The fourth-order valence-electron chi connectivity index (χ4n) is 0.905. The Kier molecular flexibility index (Phi) is 1.29. The number of fused-ring (bicyclic) bond motifs is 1. The number of aromatic nitrogens is 4. The van der Waals surface area contributed by atoms with Crippen LogP contribution in [0, 0.1) is 0 Å². The Balaban J connectivity index is 2.76. The van der Waals surface area contributed by atoms with Gasteiger partial charge in [-0.25, -0.2) is 9.67 Å². The third kappa shape index (κ3) is 0.857. The van der Waals surface area contributed by atoms with Crippen LogP contribution in [-0.4, -0.2) is 25.1 Å². The van der Waals surface area contributed by atoms with Gasteiger partial charge in [-0.15, -0.1) is 5.10 Å². The average molecular weight is 150 g/mol. The molecule has 0 spiro atoms. The summed E-state index contributed by atoms with van der Waals surface area (Å²) in [6.45, 7) is -0.187. The van der Waals surface area contributed by atoms with Crippen molar-refractivity contribution >= 4 is 11.2 Å². The first kappa shape index (κ1) is 6.23. The van der Waals surface area contributed by atoms with Gasteiger partial charge in [0.15, 0.2) is 5.65 Å². The van der Waals surface area contributed by atoms with E-state index in [1.165, 1.54) is 4.68 Å². The molecule has 0 saturated carbocycles. The summed E-state index contributed by atoms with van der Waals surface area (Å²) in [4.78, 5) is 3.99. The van der Waals surface area contributed by atoms with Gasteiger partial charge in [-0.2, -0.15) is 0 Å². The van der Waals surface area contributed by atoms with Crippen molar-refractivity contribution in [3.8, 4) is 0 Å². The number of hydrogen-bond donors (Lipinski definition) is 1. The minimum Gasteiger partial charge on any atom is -0.374 e. The van der Waals surface area contributed by atoms with Crippen LogP contribution in [0.2, 0.25) is 0 Å². The molecule has 0 aliphatic rings. The van der Waals surface area contributed by atoms with Crippen molar-refractivity contribution in [2.24, 2.45) is 0 Å². The first-order chi connectivity index (χ1) is 5.42. The fraction of sp³-hybridized carbons (Fsp3) is 0.167. The zero-order valence-electron chi connectivity index (χ0n) is 5.68. The molecular weight excluding hydrogens is 144 g/mol. The van der Waals surface area contributed by atoms with Crippen molar-refractivity contribution in [3.05, 3.63) is 18.3 Å². The van der Waals surface area contributed by atoms with Crippen molar-refractivity contribution in [1.82, 2.24) is 20.0 Å². The van der Waals surface area contributed by atoms with E-state index in [4.69, 9.17) is 5.11 Å². The summed E-state index contributed by atoms with van der Waals surface area (Å²) in [6, 6.07) is 3.57. The Morgan fingerprint density at radius 2 is 2.45 bits per heavy atom. The molecule has 1 N–H and O–H groups in total. The molecule has 56 valence electrons. The van der Waals surface area contributed by atoms with Crippen LogP contribution < -0.4 is 0 Å². The number of aliphatic hydroxyl groups is 1. The van der Waals surface area contributed by atoms with E-state index in [9.17, 15) is 0 Å². The van der Waals surface area contributed by atoms with Crippen LogP contribution in [0.3, 0.4) is 0 Å². The van der Waals surface area contributed by atoms with Gasteiger partial charge in [0.2, 0.25) is 0 Å². The van der Waals surface area contributed by atoms with Gasteiger partial charge in [-0.05, 0) is 12.1 Å². The Bertz CT molecular complexity index is 369. The van der Waals surface area contributed by atoms with Crippen molar-refractivity contribution in [1.29, 1.82) is 0 Å². The lowest BCUT2D eigenvalue weighted by Crippen LogP contribution is -1.99. The molecule has 2 aromatic heterocycles. The van der Waals surface area contributed by atoms with Gasteiger partial charge < -0.3 is 5.11 Å². The molecule has 11 heavy (non-hydrogen) atoms. The lowest BCUT2D eigenvalue weighted by atomic mass is 10.4. The Labute approximate surface area is 62.3 Å². The summed E-state index contributed by atoms with van der Waals surface area (Å²) in [5.41, 5.74) is 1.30. The SMILES string of the molecule is OCn1nnc2cccnc21. The molecule has 0 fully saturated rings. The fourth-order valence-corrected chi connectivity index (χ4v) is 0.905. The lowest BCUT2D eigenvalue weighted by molar-refractivity contribution is 0.197. The summed E-state index contributed by atoms with van der Waals surface area (Å²) in [5.74, 6) is 0. The standard InChI is InChI=1S/C6H6N4O/c11-4-10-6-5(8-9-10)2-1-3-7-6/h1-3,11H,4H2. The van der Waals surface area contributed by atoms with Gasteiger partial charge in [0.25, 0.3) is 0 Å². The molecule has 0 atom stereocenters. The van der Waals surface area contributed by atoms with Gasteiger partial charge in [0.05, 0.1) is 0 Å². The highest BCUT2D eigenvalue weighted by Gasteiger charge is 2.01. The third-order valence-corrected chi connectivity index (χ3v) is 1.40. The molecule has 2 heterocycles. The van der Waals surface area contributed by atoms with E-state index in [0.717, 1.165) is 0 Å². The first-order valence-electron chi connectivity index (χ1n) is 3.17. The molecule has 0 saturated heterocycles. The number of nitrogens with zero attached hydrogens (tertiary/aromatic N) is 4. The highest BCUT2D eigenvalue weighted by atomic mass is 16.3. The lowest BCUT2D eigenvalue weighted by Gasteiger charge is -1.91. The minimum absolute atomic E-state index is 0.187. The van der Waals surface area contributed by atoms with Crippen molar-refractivity contribution in [2.45, 2.75) is 6.73 Å². The van der Waals surface area contributed by atoms with Crippen molar-refractivity contribution in [2.75, 3.05) is 0 Å². The Morgan fingerprint density at radius 1 is 1.55 bits per heavy atom. The monoisotopic (exact) mass is 150 g/mol. The Morgan fingerprint density at radius 3 is 3.27 bits per heavy atom. The molecule has 2 aromatic rings. The van der Waals surface area contributed by atoms with Gasteiger partial charge in [0.1, 0.15) is 12.2 Å². The molecule has 0 aliphatic heterocycles. The predicted molar refractivity (Wildman–Crippen MR) is 37.5 cm³/mol. The molecule has 0 radical (unpaired) electrons. The van der Waals surface area contributed by atoms with E-state index in [2.05, 4.69) is 15.3 Å².